The summed E-state index contributed by atoms with van der Waals surface area (Å²) >= 11 is 0. The zero-order chi connectivity index (χ0) is 17.3. The van der Waals surface area contributed by atoms with Crippen molar-refractivity contribution in [2.75, 3.05) is 32.5 Å². The van der Waals surface area contributed by atoms with Crippen LogP contribution in [-0.2, 0) is 10.2 Å². The Morgan fingerprint density at radius 2 is 1.67 bits per heavy atom. The maximum atomic E-state index is 11.0. The van der Waals surface area contributed by atoms with Crippen LogP contribution in [0.15, 0.2) is 36.4 Å². The number of hydrogen-bond donors (Lipinski definition) is 5. The van der Waals surface area contributed by atoms with E-state index < -0.39 is 15.1 Å². The second-order valence-corrected chi connectivity index (χ2v) is 6.45. The van der Waals surface area contributed by atoms with Gasteiger partial charge in [-0.05, 0) is 24.3 Å². The summed E-state index contributed by atoms with van der Waals surface area (Å²) < 4.78 is 26.3. The third kappa shape index (κ3) is 3.25. The lowest BCUT2D eigenvalue weighted by Gasteiger charge is -1.97. The van der Waals surface area contributed by atoms with Crippen LogP contribution in [0.5, 0.6) is 0 Å². The molecule has 0 unspecified atom stereocenters. The summed E-state index contributed by atoms with van der Waals surface area (Å²) in [5.74, 6) is 0. The Kier molecular flexibility index (Phi) is 3.77. The molecule has 2 aliphatic rings. The van der Waals surface area contributed by atoms with Crippen LogP contribution in [0, 0.1) is 10.1 Å². The van der Waals surface area contributed by atoms with Crippen molar-refractivity contribution in [2.45, 2.75) is 0 Å². The molecule has 2 aliphatic heterocycles. The molecule has 0 atom stereocenters. The molecule has 0 spiro atoms. The van der Waals surface area contributed by atoms with Crippen molar-refractivity contribution in [2.24, 2.45) is 0 Å². The number of nitrogens with zero attached hydrogens (tertiary/aromatic N) is 1. The number of rotatable bonds is 1. The van der Waals surface area contributed by atoms with Gasteiger partial charge in [-0.2, -0.15) is 8.42 Å². The number of nitrogens with one attached hydrogen (secondary N) is 4. The van der Waals surface area contributed by atoms with Crippen LogP contribution in [-0.4, -0.2) is 20.0 Å². The van der Waals surface area contributed by atoms with E-state index in [1.165, 1.54) is 12.1 Å². The maximum Gasteiger partial charge on any atom is 0.321 e. The molecule has 2 aromatic carbocycles. The fraction of sp³-hybridized carbons (Fsp3) is 0.0769. The maximum absolute atomic E-state index is 11.0. The Labute approximate surface area is 138 Å². The predicted octanol–water partition coefficient (Wildman–Crippen LogP) is 1.99. The number of fused-ring (bicyclic) bond motifs is 2. The second-order valence-electron chi connectivity index (χ2n) is 5.03. The summed E-state index contributed by atoms with van der Waals surface area (Å²) in [6.45, 7) is 0.804. The zero-order valence-corrected chi connectivity index (χ0v) is 13.1. The number of anilines is 5. The predicted molar refractivity (Wildman–Crippen MR) is 94.3 cm³/mol. The van der Waals surface area contributed by atoms with E-state index in [1.807, 2.05) is 18.2 Å². The Morgan fingerprint density at radius 3 is 2.42 bits per heavy atom. The molecule has 0 fully saturated rings. The Morgan fingerprint density at radius 1 is 1.00 bits per heavy atom. The van der Waals surface area contributed by atoms with Gasteiger partial charge in [-0.1, -0.05) is 0 Å². The van der Waals surface area contributed by atoms with E-state index in [-0.39, 0.29) is 12.8 Å². The minimum absolute atomic E-state index is 0. The van der Waals surface area contributed by atoms with Crippen molar-refractivity contribution in [3.63, 3.8) is 0 Å². The van der Waals surface area contributed by atoms with Gasteiger partial charge in [0.15, 0.2) is 0 Å². The molecule has 24 heavy (non-hydrogen) atoms. The highest BCUT2D eigenvalue weighted by atomic mass is 32.2. The minimum atomic E-state index is -3.57. The van der Waals surface area contributed by atoms with Gasteiger partial charge in [0.2, 0.25) is 0 Å². The largest absolute Gasteiger partial charge is 0.399 e. The van der Waals surface area contributed by atoms with E-state index in [1.54, 1.807) is 0 Å². The second kappa shape index (κ2) is 5.77. The normalized spacial score (nSPS) is 15.3. The lowest BCUT2D eigenvalue weighted by Crippen LogP contribution is -2.12. The molecular formula is C13H16N6O4S. The van der Waals surface area contributed by atoms with Crippen molar-refractivity contribution in [1.82, 2.24) is 0 Å². The van der Waals surface area contributed by atoms with Crippen LogP contribution in [0.25, 0.3) is 0 Å². The summed E-state index contributed by atoms with van der Waals surface area (Å²) in [6.07, 6.45) is 0. The smallest absolute Gasteiger partial charge is 0.321 e. The molecule has 0 saturated carbocycles. The first-order valence-corrected chi connectivity index (χ1v) is 8.29. The molecular weight excluding hydrogens is 336 g/mol. The first-order valence-electron chi connectivity index (χ1n) is 6.80. The third-order valence-electron chi connectivity index (χ3n) is 3.30. The molecule has 0 radical (unpaired) electrons. The average Bonchev–Trinajstić information content (AvgIpc) is 3.08. The van der Waals surface area contributed by atoms with Crippen LogP contribution in [0.1, 0.15) is 1.43 Å². The summed E-state index contributed by atoms with van der Waals surface area (Å²) in [4.78, 5) is 9.78. The number of nitro benzene ring substituents is 1. The fourth-order valence-corrected chi connectivity index (χ4v) is 3.21. The number of non-ortho nitro benzene ring substituents is 1. The van der Waals surface area contributed by atoms with Gasteiger partial charge >= 0.3 is 10.2 Å². The quantitative estimate of drug-likeness (QED) is 0.299. The highest BCUT2D eigenvalue weighted by Crippen LogP contribution is 2.32. The molecule has 11 heteroatoms. The van der Waals surface area contributed by atoms with Crippen molar-refractivity contribution < 1.29 is 14.8 Å². The van der Waals surface area contributed by atoms with Crippen LogP contribution in [0.3, 0.4) is 0 Å². The Bertz CT molecular complexity index is 921. The van der Waals surface area contributed by atoms with Gasteiger partial charge in [0.25, 0.3) is 5.69 Å². The van der Waals surface area contributed by atoms with E-state index in [9.17, 15) is 18.5 Å². The first kappa shape index (κ1) is 15.7. The summed E-state index contributed by atoms with van der Waals surface area (Å²) in [7, 11) is -3.57. The minimum Gasteiger partial charge on any atom is -0.399 e. The molecule has 0 aromatic heterocycles. The van der Waals surface area contributed by atoms with E-state index in [0.29, 0.717) is 5.69 Å². The lowest BCUT2D eigenvalue weighted by molar-refractivity contribution is -0.384. The van der Waals surface area contributed by atoms with Gasteiger partial charge in [-0.15, -0.1) is 0 Å². The Hall–Kier alpha value is -3.21. The molecule has 0 amide bonds. The third-order valence-corrected chi connectivity index (χ3v) is 4.28. The average molecular weight is 352 g/mol. The molecule has 128 valence electrons. The topological polar surface area (TPSA) is 151 Å². The van der Waals surface area contributed by atoms with Crippen LogP contribution < -0.4 is 25.8 Å². The van der Waals surface area contributed by atoms with E-state index in [4.69, 9.17) is 5.73 Å². The number of nitrogens with two attached hydrogens (primary N) is 1. The summed E-state index contributed by atoms with van der Waals surface area (Å²) in [6, 6.07) is 9.52. The van der Waals surface area contributed by atoms with E-state index >= 15 is 0 Å². The molecule has 2 heterocycles. The van der Waals surface area contributed by atoms with E-state index in [2.05, 4.69) is 20.1 Å². The van der Waals surface area contributed by atoms with Gasteiger partial charge in [0.05, 0.1) is 34.3 Å². The van der Waals surface area contributed by atoms with Crippen LogP contribution >= 0.6 is 0 Å². The molecule has 0 saturated heterocycles. The molecule has 2 aromatic rings. The molecule has 0 bridgehead atoms. The molecule has 10 nitrogen and oxygen atoms in total. The summed E-state index contributed by atoms with van der Waals surface area (Å²) in [5, 5.41) is 16.7. The van der Waals surface area contributed by atoms with Crippen LogP contribution in [0.2, 0.25) is 0 Å². The standard InChI is InChI=1S/C7H9N3.C6H5N3O4S.H2/c8-5-1-2-6-7(3-5)10-4-9-6;10-9(11)4-1-2-5-6(3-4)8-14(12,13)7-5;/h1-3,9-10H,4,8H2;1-3,7-8H;1H. The van der Waals surface area contributed by atoms with Gasteiger partial charge in [-0.25, -0.2) is 0 Å². The number of nitrogen functional groups attached to an aromatic ring is 1. The summed E-state index contributed by atoms with van der Waals surface area (Å²) in [5.41, 5.74) is 8.95. The highest BCUT2D eigenvalue weighted by Gasteiger charge is 2.24. The van der Waals surface area contributed by atoms with Gasteiger partial charge in [0, 0.05) is 19.2 Å². The van der Waals surface area contributed by atoms with Gasteiger partial charge < -0.3 is 16.4 Å². The zero-order valence-electron chi connectivity index (χ0n) is 12.2. The number of hydrogen-bond acceptors (Lipinski definition) is 7. The van der Waals surface area contributed by atoms with Crippen LogP contribution in [0.4, 0.5) is 34.1 Å². The van der Waals surface area contributed by atoms with Gasteiger partial charge in [-0.3, -0.25) is 19.6 Å². The van der Waals surface area contributed by atoms with Crippen molar-refractivity contribution in [1.29, 1.82) is 0 Å². The highest BCUT2D eigenvalue weighted by molar-refractivity contribution is 7.94. The number of nitro groups is 1. The molecule has 6 N–H and O–H groups in total. The fourth-order valence-electron chi connectivity index (χ4n) is 2.23. The Balaban J connectivity index is 0.000000182. The van der Waals surface area contributed by atoms with Crippen molar-refractivity contribution in [3.8, 4) is 0 Å². The number of benzene rings is 2. The van der Waals surface area contributed by atoms with E-state index in [0.717, 1.165) is 29.8 Å². The van der Waals surface area contributed by atoms with Gasteiger partial charge in [0.1, 0.15) is 0 Å². The van der Waals surface area contributed by atoms with Crippen molar-refractivity contribution in [3.05, 3.63) is 46.5 Å². The lowest BCUT2D eigenvalue weighted by atomic mass is 10.2. The first-order chi connectivity index (χ1) is 11.3. The molecule has 0 aliphatic carbocycles. The van der Waals surface area contributed by atoms with Crippen molar-refractivity contribution >= 4 is 44.3 Å². The SMILES string of the molecule is Nc1ccc2c(c1)NCN2.O=[N+]([O-])c1ccc2c(c1)NS(=O)(=O)N2.[HH]. The molecule has 4 rings (SSSR count). The monoisotopic (exact) mass is 352 g/mol.